The molecular weight excluding hydrogens is 408 g/mol. The number of carbonyl (C=O) groups is 1. The van der Waals surface area contributed by atoms with Gasteiger partial charge in [0.25, 0.3) is 5.91 Å². The van der Waals surface area contributed by atoms with Crippen LogP contribution in [0.15, 0.2) is 47.2 Å². The highest BCUT2D eigenvalue weighted by Crippen LogP contribution is 2.30. The SMILES string of the molecule is COc1cc(C(=O)N2CCN(Cc3ccncc3)CC2)ccc1OCc1c(C)noc1C. The van der Waals surface area contributed by atoms with Gasteiger partial charge in [-0.1, -0.05) is 5.16 Å². The van der Waals surface area contributed by atoms with Crippen molar-refractivity contribution in [2.45, 2.75) is 27.0 Å². The van der Waals surface area contributed by atoms with Gasteiger partial charge in [0, 0.05) is 50.7 Å². The highest BCUT2D eigenvalue weighted by Gasteiger charge is 2.23. The van der Waals surface area contributed by atoms with Gasteiger partial charge < -0.3 is 18.9 Å². The number of rotatable bonds is 7. The molecule has 8 nitrogen and oxygen atoms in total. The lowest BCUT2D eigenvalue weighted by Crippen LogP contribution is -2.48. The van der Waals surface area contributed by atoms with Crippen molar-refractivity contribution in [2.75, 3.05) is 33.3 Å². The number of nitrogens with zero attached hydrogens (tertiary/aromatic N) is 4. The van der Waals surface area contributed by atoms with Crippen molar-refractivity contribution in [1.29, 1.82) is 0 Å². The van der Waals surface area contributed by atoms with Crippen LogP contribution in [0.25, 0.3) is 0 Å². The molecule has 168 valence electrons. The van der Waals surface area contributed by atoms with Crippen LogP contribution >= 0.6 is 0 Å². The van der Waals surface area contributed by atoms with E-state index in [2.05, 4.69) is 15.0 Å². The number of ether oxygens (including phenoxy) is 2. The number of aryl methyl sites for hydroxylation is 2. The van der Waals surface area contributed by atoms with Gasteiger partial charge in [-0.25, -0.2) is 0 Å². The molecule has 2 aromatic heterocycles. The highest BCUT2D eigenvalue weighted by atomic mass is 16.5. The molecule has 0 radical (unpaired) electrons. The summed E-state index contributed by atoms with van der Waals surface area (Å²) in [6.45, 7) is 7.99. The van der Waals surface area contributed by atoms with E-state index in [0.717, 1.165) is 36.7 Å². The predicted molar refractivity (Wildman–Crippen MR) is 119 cm³/mol. The number of pyridine rings is 1. The van der Waals surface area contributed by atoms with Gasteiger partial charge in [0.15, 0.2) is 11.5 Å². The van der Waals surface area contributed by atoms with E-state index in [0.29, 0.717) is 36.8 Å². The predicted octanol–water partition coefficient (Wildman–Crippen LogP) is 3.23. The van der Waals surface area contributed by atoms with E-state index in [-0.39, 0.29) is 5.91 Å². The fraction of sp³-hybridized carbons (Fsp3) is 0.375. The third-order valence-corrected chi connectivity index (χ3v) is 5.78. The van der Waals surface area contributed by atoms with Gasteiger partial charge in [-0.2, -0.15) is 0 Å². The number of piperazine rings is 1. The average Bonchev–Trinajstić information content (AvgIpc) is 3.15. The molecule has 3 aromatic rings. The van der Waals surface area contributed by atoms with E-state index in [1.807, 2.05) is 43.3 Å². The van der Waals surface area contributed by atoms with Crippen molar-refractivity contribution in [3.05, 3.63) is 70.9 Å². The number of amides is 1. The number of hydrogen-bond donors (Lipinski definition) is 0. The molecule has 1 aliphatic heterocycles. The molecule has 3 heterocycles. The van der Waals surface area contributed by atoms with Crippen LogP contribution in [-0.4, -0.2) is 59.1 Å². The summed E-state index contributed by atoms with van der Waals surface area (Å²) < 4.78 is 16.6. The Morgan fingerprint density at radius 1 is 1.06 bits per heavy atom. The zero-order chi connectivity index (χ0) is 22.5. The van der Waals surface area contributed by atoms with E-state index in [9.17, 15) is 4.79 Å². The molecule has 0 unspecified atom stereocenters. The molecule has 0 spiro atoms. The molecule has 1 fully saturated rings. The molecule has 0 bridgehead atoms. The van der Waals surface area contributed by atoms with Crippen LogP contribution in [0.1, 0.15) is 32.9 Å². The van der Waals surface area contributed by atoms with Gasteiger partial charge >= 0.3 is 0 Å². The second-order valence-corrected chi connectivity index (χ2v) is 7.88. The Kier molecular flexibility index (Phi) is 6.70. The fourth-order valence-electron chi connectivity index (χ4n) is 3.82. The first-order valence-corrected chi connectivity index (χ1v) is 10.7. The molecule has 1 amide bonds. The summed E-state index contributed by atoms with van der Waals surface area (Å²) in [6, 6.07) is 9.37. The smallest absolute Gasteiger partial charge is 0.254 e. The standard InChI is InChI=1S/C24H28N4O4/c1-17-21(18(2)32-26-17)16-31-22-5-4-20(14-23(22)30-3)24(29)28-12-10-27(11-13-28)15-19-6-8-25-9-7-19/h4-9,14H,10-13,15-16H2,1-3H3. The van der Waals surface area contributed by atoms with Gasteiger partial charge in [-0.3, -0.25) is 14.7 Å². The summed E-state index contributed by atoms with van der Waals surface area (Å²) in [5.41, 5.74) is 3.54. The van der Waals surface area contributed by atoms with Crippen LogP contribution in [0.5, 0.6) is 11.5 Å². The van der Waals surface area contributed by atoms with E-state index in [1.165, 1.54) is 5.56 Å². The number of methoxy groups -OCH3 is 1. The first kappa shape index (κ1) is 21.8. The topological polar surface area (TPSA) is 80.9 Å². The molecule has 1 aliphatic rings. The first-order chi connectivity index (χ1) is 15.5. The highest BCUT2D eigenvalue weighted by molar-refractivity contribution is 5.95. The number of benzene rings is 1. The average molecular weight is 437 g/mol. The molecule has 0 N–H and O–H groups in total. The maximum absolute atomic E-state index is 13.1. The number of aromatic nitrogens is 2. The van der Waals surface area contributed by atoms with Crippen LogP contribution < -0.4 is 9.47 Å². The van der Waals surface area contributed by atoms with Crippen molar-refractivity contribution in [1.82, 2.24) is 19.9 Å². The number of carbonyl (C=O) groups excluding carboxylic acids is 1. The Labute approximate surface area is 187 Å². The maximum Gasteiger partial charge on any atom is 0.254 e. The molecular formula is C24H28N4O4. The Balaban J connectivity index is 1.36. The third-order valence-electron chi connectivity index (χ3n) is 5.78. The zero-order valence-electron chi connectivity index (χ0n) is 18.7. The van der Waals surface area contributed by atoms with Crippen LogP contribution in [-0.2, 0) is 13.2 Å². The Morgan fingerprint density at radius 3 is 2.47 bits per heavy atom. The lowest BCUT2D eigenvalue weighted by atomic mass is 10.1. The summed E-state index contributed by atoms with van der Waals surface area (Å²) in [7, 11) is 1.57. The van der Waals surface area contributed by atoms with Crippen LogP contribution in [0.3, 0.4) is 0 Å². The number of hydrogen-bond acceptors (Lipinski definition) is 7. The van der Waals surface area contributed by atoms with E-state index in [4.69, 9.17) is 14.0 Å². The quantitative estimate of drug-likeness (QED) is 0.562. The minimum Gasteiger partial charge on any atom is -0.493 e. The lowest BCUT2D eigenvalue weighted by Gasteiger charge is -2.34. The van der Waals surface area contributed by atoms with Gasteiger partial charge in [-0.05, 0) is 49.7 Å². The third kappa shape index (κ3) is 4.91. The van der Waals surface area contributed by atoms with E-state index < -0.39 is 0 Å². The summed E-state index contributed by atoms with van der Waals surface area (Å²) in [6.07, 6.45) is 3.62. The van der Waals surface area contributed by atoms with E-state index >= 15 is 0 Å². The molecule has 0 saturated carbocycles. The minimum atomic E-state index is 0.00383. The summed E-state index contributed by atoms with van der Waals surface area (Å²) >= 11 is 0. The molecule has 8 heteroatoms. The van der Waals surface area contributed by atoms with Gasteiger partial charge in [0.05, 0.1) is 18.4 Å². The monoisotopic (exact) mass is 436 g/mol. The Morgan fingerprint density at radius 2 is 1.81 bits per heavy atom. The van der Waals surface area contributed by atoms with Crippen LogP contribution in [0.2, 0.25) is 0 Å². The van der Waals surface area contributed by atoms with Crippen molar-refractivity contribution < 1.29 is 18.8 Å². The zero-order valence-corrected chi connectivity index (χ0v) is 18.7. The maximum atomic E-state index is 13.1. The summed E-state index contributed by atoms with van der Waals surface area (Å²) in [4.78, 5) is 21.4. The molecule has 4 rings (SSSR count). The largest absolute Gasteiger partial charge is 0.493 e. The summed E-state index contributed by atoms with van der Waals surface area (Å²) in [5.74, 6) is 1.84. The molecule has 0 atom stereocenters. The lowest BCUT2D eigenvalue weighted by molar-refractivity contribution is 0.0628. The molecule has 1 aromatic carbocycles. The fourth-order valence-corrected chi connectivity index (χ4v) is 3.82. The normalized spacial score (nSPS) is 14.4. The second kappa shape index (κ2) is 9.82. The first-order valence-electron chi connectivity index (χ1n) is 10.7. The van der Waals surface area contributed by atoms with Crippen molar-refractivity contribution in [3.63, 3.8) is 0 Å². The van der Waals surface area contributed by atoms with Crippen molar-refractivity contribution in [3.8, 4) is 11.5 Å². The van der Waals surface area contributed by atoms with Gasteiger partial charge in [0.2, 0.25) is 0 Å². The van der Waals surface area contributed by atoms with E-state index in [1.54, 1.807) is 25.3 Å². The van der Waals surface area contributed by atoms with Crippen LogP contribution in [0, 0.1) is 13.8 Å². The molecule has 32 heavy (non-hydrogen) atoms. The minimum absolute atomic E-state index is 0.00383. The molecule has 0 aliphatic carbocycles. The molecule has 1 saturated heterocycles. The Bertz CT molecular complexity index is 1040. The second-order valence-electron chi connectivity index (χ2n) is 7.88. The van der Waals surface area contributed by atoms with Gasteiger partial charge in [0.1, 0.15) is 12.4 Å². The van der Waals surface area contributed by atoms with Crippen molar-refractivity contribution >= 4 is 5.91 Å². The van der Waals surface area contributed by atoms with Crippen molar-refractivity contribution in [2.24, 2.45) is 0 Å². The Hall–Kier alpha value is -3.39. The summed E-state index contributed by atoms with van der Waals surface area (Å²) in [5, 5.41) is 3.95. The van der Waals surface area contributed by atoms with Gasteiger partial charge in [-0.15, -0.1) is 0 Å². The van der Waals surface area contributed by atoms with Crippen LogP contribution in [0.4, 0.5) is 0 Å².